The van der Waals surface area contributed by atoms with Crippen LogP contribution in [-0.2, 0) is 9.53 Å². The summed E-state index contributed by atoms with van der Waals surface area (Å²) in [4.78, 5) is 37.0. The van der Waals surface area contributed by atoms with Gasteiger partial charge in [-0.25, -0.2) is 9.79 Å². The lowest BCUT2D eigenvalue weighted by Gasteiger charge is -2.28. The molecule has 1 amide bonds. The van der Waals surface area contributed by atoms with Crippen molar-refractivity contribution in [3.8, 4) is 11.5 Å². The molecule has 1 saturated heterocycles. The highest BCUT2D eigenvalue weighted by Crippen LogP contribution is 2.43. The monoisotopic (exact) mass is 564 g/mol. The maximum atomic E-state index is 12.8. The van der Waals surface area contributed by atoms with Crippen LogP contribution >= 0.6 is 0 Å². The molecular formula is C25H27F3N6O6. The molecule has 1 atom stereocenters. The molecule has 3 aliphatic heterocycles. The molecule has 3 aliphatic rings. The van der Waals surface area contributed by atoms with Crippen molar-refractivity contribution in [2.45, 2.75) is 18.7 Å². The first-order chi connectivity index (χ1) is 19.2. The number of aromatic nitrogens is 1. The molecular weight excluding hydrogens is 537 g/mol. The molecule has 4 heterocycles. The number of amidine groups is 1. The fourth-order valence-electron chi connectivity index (χ4n) is 4.08. The number of morpholine rings is 1. The van der Waals surface area contributed by atoms with Crippen molar-refractivity contribution in [1.29, 1.82) is 0 Å². The van der Waals surface area contributed by atoms with Crippen molar-refractivity contribution in [3.05, 3.63) is 47.8 Å². The van der Waals surface area contributed by atoms with E-state index in [0.29, 0.717) is 55.0 Å². The van der Waals surface area contributed by atoms with Crippen molar-refractivity contribution >= 4 is 29.4 Å². The van der Waals surface area contributed by atoms with Crippen LogP contribution in [0.4, 0.5) is 18.9 Å². The van der Waals surface area contributed by atoms with Gasteiger partial charge in [-0.15, -0.1) is 0 Å². The van der Waals surface area contributed by atoms with Crippen molar-refractivity contribution < 1.29 is 42.1 Å². The van der Waals surface area contributed by atoms with Gasteiger partial charge in [0.05, 0.1) is 38.5 Å². The molecule has 1 fully saturated rings. The molecule has 1 aromatic heterocycles. The lowest BCUT2D eigenvalue weighted by Crippen LogP contribution is -2.47. The second-order valence-corrected chi connectivity index (χ2v) is 8.62. The minimum atomic E-state index is -5.08. The predicted octanol–water partition coefficient (Wildman–Crippen LogP) is 1.97. The number of hydrogen-bond acceptors (Lipinski definition) is 10. The summed E-state index contributed by atoms with van der Waals surface area (Å²) in [6, 6.07) is 7.24. The molecule has 0 bridgehead atoms. The largest absolute Gasteiger partial charge is 0.491 e. The van der Waals surface area contributed by atoms with Gasteiger partial charge in [0.2, 0.25) is 5.96 Å². The lowest BCUT2D eigenvalue weighted by molar-refractivity contribution is -0.192. The Labute approximate surface area is 226 Å². The van der Waals surface area contributed by atoms with E-state index in [1.54, 1.807) is 25.4 Å². The van der Waals surface area contributed by atoms with Gasteiger partial charge in [0.15, 0.2) is 11.5 Å². The SMILES string of the molecule is COc1c(OCCC2CNCCO2)ccc2c1N=C(NC(=O)c1cccnc1)N1CCN=C21.O=C(O)C(F)(F)F. The number of carbonyl (C=O) groups is 2. The fourth-order valence-corrected chi connectivity index (χ4v) is 4.08. The molecule has 214 valence electrons. The topological polar surface area (TPSA) is 147 Å². The standard InChI is InChI=1S/C23H26N6O4.C2HF3O2/c1-31-20-18(33-11-6-16-14-25-9-12-32-16)5-4-17-19(20)27-23(29-10-8-26-21(17)29)28-22(30)15-3-2-7-24-13-15;3-2(4,5)1(6)7/h2-5,7,13,16,25H,6,8-12,14H2,1H3,(H,27,28,30);(H,6,7). The van der Waals surface area contributed by atoms with Gasteiger partial charge in [-0.2, -0.15) is 13.2 Å². The maximum absolute atomic E-state index is 12.8. The van der Waals surface area contributed by atoms with Crippen molar-refractivity contribution in [1.82, 2.24) is 20.5 Å². The van der Waals surface area contributed by atoms with Crippen LogP contribution in [0.15, 0.2) is 46.6 Å². The minimum Gasteiger partial charge on any atom is -0.491 e. The van der Waals surface area contributed by atoms with Crippen LogP contribution in [0, 0.1) is 0 Å². The van der Waals surface area contributed by atoms with Gasteiger partial charge in [0, 0.05) is 44.0 Å². The molecule has 1 aromatic carbocycles. The zero-order chi connectivity index (χ0) is 28.7. The smallest absolute Gasteiger partial charge is 0.490 e. The third kappa shape index (κ3) is 6.84. The lowest BCUT2D eigenvalue weighted by atomic mass is 10.1. The Morgan fingerprint density at radius 3 is 2.75 bits per heavy atom. The van der Waals surface area contributed by atoms with Crippen LogP contribution in [0.25, 0.3) is 0 Å². The number of carbonyl (C=O) groups excluding carboxylic acids is 1. The van der Waals surface area contributed by atoms with E-state index in [0.717, 1.165) is 30.9 Å². The van der Waals surface area contributed by atoms with Gasteiger partial charge in [0.1, 0.15) is 11.5 Å². The van der Waals surface area contributed by atoms with Gasteiger partial charge >= 0.3 is 12.1 Å². The van der Waals surface area contributed by atoms with Gasteiger partial charge in [-0.05, 0) is 24.3 Å². The normalized spacial score (nSPS) is 17.8. The van der Waals surface area contributed by atoms with Gasteiger partial charge < -0.3 is 24.6 Å². The summed E-state index contributed by atoms with van der Waals surface area (Å²) in [5.41, 5.74) is 1.88. The molecule has 40 heavy (non-hydrogen) atoms. The molecule has 0 spiro atoms. The van der Waals surface area contributed by atoms with Crippen LogP contribution < -0.4 is 20.1 Å². The first-order valence-electron chi connectivity index (χ1n) is 12.3. The number of ether oxygens (including phenoxy) is 3. The van der Waals surface area contributed by atoms with Crippen LogP contribution in [0.2, 0.25) is 0 Å². The highest BCUT2D eigenvalue weighted by atomic mass is 19.4. The Balaban J connectivity index is 0.000000470. The zero-order valence-electron chi connectivity index (χ0n) is 21.4. The number of nitrogens with zero attached hydrogens (tertiary/aromatic N) is 4. The fraction of sp³-hybridized carbons (Fsp3) is 0.400. The summed E-state index contributed by atoms with van der Waals surface area (Å²) in [5, 5.41) is 13.3. The van der Waals surface area contributed by atoms with Crippen molar-refractivity contribution in [3.63, 3.8) is 0 Å². The first-order valence-corrected chi connectivity index (χ1v) is 12.3. The number of rotatable bonds is 6. The number of carboxylic acid groups (broad SMARTS) is 1. The van der Waals surface area contributed by atoms with Gasteiger partial charge in [0.25, 0.3) is 5.91 Å². The van der Waals surface area contributed by atoms with Gasteiger partial charge in [-0.1, -0.05) is 0 Å². The number of aliphatic carboxylic acids is 1. The van der Waals surface area contributed by atoms with E-state index in [1.807, 2.05) is 17.0 Å². The van der Waals surface area contributed by atoms with E-state index in [1.165, 1.54) is 6.20 Å². The molecule has 2 aromatic rings. The van der Waals surface area contributed by atoms with Crippen LogP contribution in [0.3, 0.4) is 0 Å². The van der Waals surface area contributed by atoms with E-state index in [-0.39, 0.29) is 12.0 Å². The van der Waals surface area contributed by atoms with Gasteiger partial charge in [-0.3, -0.25) is 25.0 Å². The van der Waals surface area contributed by atoms with E-state index in [9.17, 15) is 18.0 Å². The predicted molar refractivity (Wildman–Crippen MR) is 136 cm³/mol. The van der Waals surface area contributed by atoms with Crippen molar-refractivity contribution in [2.24, 2.45) is 9.98 Å². The summed E-state index contributed by atoms with van der Waals surface area (Å²) in [5.74, 6) is -0.777. The van der Waals surface area contributed by atoms with E-state index in [2.05, 4.69) is 20.6 Å². The Hall–Kier alpha value is -4.24. The number of hydrogen-bond donors (Lipinski definition) is 3. The van der Waals surface area contributed by atoms with Crippen molar-refractivity contribution in [2.75, 3.05) is 46.5 Å². The van der Waals surface area contributed by atoms with Crippen LogP contribution in [0.1, 0.15) is 22.3 Å². The number of methoxy groups -OCH3 is 1. The minimum absolute atomic E-state index is 0.135. The number of nitrogens with one attached hydrogen (secondary N) is 2. The summed E-state index contributed by atoms with van der Waals surface area (Å²) in [6.07, 6.45) is -1.04. The molecule has 1 unspecified atom stereocenters. The number of carboxylic acids is 1. The second kappa shape index (κ2) is 12.7. The number of benzene rings is 1. The molecule has 0 saturated carbocycles. The average Bonchev–Trinajstić information content (AvgIpc) is 3.44. The molecule has 15 heteroatoms. The quantitative estimate of drug-likeness (QED) is 0.479. The Bertz CT molecular complexity index is 1280. The number of pyridine rings is 1. The number of fused-ring (bicyclic) bond motifs is 3. The zero-order valence-corrected chi connectivity index (χ0v) is 21.4. The number of guanidine groups is 1. The highest BCUT2D eigenvalue weighted by molar-refractivity contribution is 6.20. The van der Waals surface area contributed by atoms with Crippen LogP contribution in [0.5, 0.6) is 11.5 Å². The molecule has 12 nitrogen and oxygen atoms in total. The number of aliphatic imine (C=N–C) groups is 2. The third-order valence-corrected chi connectivity index (χ3v) is 5.95. The summed E-state index contributed by atoms with van der Waals surface area (Å²) in [6.45, 7) is 4.17. The summed E-state index contributed by atoms with van der Waals surface area (Å²) >= 11 is 0. The Morgan fingerprint density at radius 2 is 2.10 bits per heavy atom. The first kappa shape index (κ1) is 28.8. The third-order valence-electron chi connectivity index (χ3n) is 5.95. The van der Waals surface area contributed by atoms with Crippen LogP contribution in [-0.4, -0.2) is 97.4 Å². The van der Waals surface area contributed by atoms with E-state index >= 15 is 0 Å². The number of alkyl halides is 3. The van der Waals surface area contributed by atoms with E-state index in [4.69, 9.17) is 29.1 Å². The summed E-state index contributed by atoms with van der Waals surface area (Å²) < 4.78 is 49.2. The maximum Gasteiger partial charge on any atom is 0.490 e. The highest BCUT2D eigenvalue weighted by Gasteiger charge is 2.38. The molecule has 0 aliphatic carbocycles. The Morgan fingerprint density at radius 1 is 1.30 bits per heavy atom. The average molecular weight is 565 g/mol. The Kier molecular flexibility index (Phi) is 9.16. The number of amides is 1. The molecule has 3 N–H and O–H groups in total. The molecule has 0 radical (unpaired) electrons. The number of halogens is 3. The molecule has 5 rings (SSSR count). The second-order valence-electron chi connectivity index (χ2n) is 8.62. The van der Waals surface area contributed by atoms with E-state index < -0.39 is 12.1 Å². The summed E-state index contributed by atoms with van der Waals surface area (Å²) in [7, 11) is 1.59.